The predicted octanol–water partition coefficient (Wildman–Crippen LogP) is 2.72. The number of ether oxygens (including phenoxy) is 1. The summed E-state index contributed by atoms with van der Waals surface area (Å²) in [4.78, 5) is 12.3. The molecule has 0 bridgehead atoms. The zero-order chi connectivity index (χ0) is 13.9. The molecule has 0 radical (unpaired) electrons. The van der Waals surface area contributed by atoms with Crippen molar-refractivity contribution >= 4 is 33.4 Å². The quantitative estimate of drug-likeness (QED) is 0.826. The smallest absolute Gasteiger partial charge is 0.255 e. The number of phenolic OH excluding ortho intramolecular Hbond substituents is 1. The second-order valence-corrected chi connectivity index (χ2v) is 5.64. The Balaban J connectivity index is 2.17. The van der Waals surface area contributed by atoms with E-state index in [0.29, 0.717) is 23.6 Å². The molecular formula is C13H15BrClNO3. The van der Waals surface area contributed by atoms with E-state index in [2.05, 4.69) is 21.2 Å². The maximum absolute atomic E-state index is 12.3. The van der Waals surface area contributed by atoms with Crippen molar-refractivity contribution < 1.29 is 14.6 Å². The van der Waals surface area contributed by atoms with E-state index in [9.17, 15) is 9.90 Å². The molecule has 0 aliphatic carbocycles. The molecule has 1 aliphatic rings. The Labute approximate surface area is 125 Å². The van der Waals surface area contributed by atoms with E-state index in [1.807, 2.05) is 0 Å². The number of phenols is 1. The van der Waals surface area contributed by atoms with Gasteiger partial charge in [0.15, 0.2) is 0 Å². The molecule has 0 saturated carbocycles. The molecular weight excluding hydrogens is 334 g/mol. The number of carbonyl (C=O) groups is 1. The molecule has 0 aromatic heterocycles. The lowest BCUT2D eigenvalue weighted by Crippen LogP contribution is -2.53. The van der Waals surface area contributed by atoms with Gasteiger partial charge in [-0.15, -0.1) is 0 Å². The minimum absolute atomic E-state index is 0.0707. The van der Waals surface area contributed by atoms with Crippen LogP contribution in [-0.2, 0) is 4.74 Å². The van der Waals surface area contributed by atoms with Crippen LogP contribution < -0.4 is 5.32 Å². The maximum Gasteiger partial charge on any atom is 0.255 e. The summed E-state index contributed by atoms with van der Waals surface area (Å²) in [7, 11) is 0. The average molecular weight is 349 g/mol. The van der Waals surface area contributed by atoms with E-state index in [-0.39, 0.29) is 22.8 Å². The first-order chi connectivity index (χ1) is 9.06. The molecule has 2 rings (SSSR count). The molecule has 0 atom stereocenters. The molecule has 0 spiro atoms. The summed E-state index contributed by atoms with van der Waals surface area (Å²) in [6.07, 6.45) is 1.48. The lowest BCUT2D eigenvalue weighted by atomic mass is 9.92. The van der Waals surface area contributed by atoms with Crippen LogP contribution >= 0.6 is 27.5 Å². The van der Waals surface area contributed by atoms with Crippen LogP contribution in [0.4, 0.5) is 0 Å². The number of hydrogen-bond acceptors (Lipinski definition) is 3. The van der Waals surface area contributed by atoms with Gasteiger partial charge in [-0.25, -0.2) is 0 Å². The second kappa shape index (κ2) is 6.11. The minimum Gasteiger partial charge on any atom is -0.507 e. The van der Waals surface area contributed by atoms with Crippen LogP contribution in [0.2, 0.25) is 5.02 Å². The van der Waals surface area contributed by atoms with Gasteiger partial charge in [0, 0.05) is 23.6 Å². The number of aromatic hydroxyl groups is 1. The molecule has 1 aromatic rings. The van der Waals surface area contributed by atoms with Gasteiger partial charge in [0.05, 0.1) is 11.1 Å². The highest BCUT2D eigenvalue weighted by Crippen LogP contribution is 2.26. The van der Waals surface area contributed by atoms with Gasteiger partial charge in [-0.3, -0.25) is 4.79 Å². The molecule has 6 heteroatoms. The highest BCUT2D eigenvalue weighted by atomic mass is 79.9. The summed E-state index contributed by atoms with van der Waals surface area (Å²) in [6.45, 7) is 1.24. The molecule has 1 heterocycles. The van der Waals surface area contributed by atoms with Gasteiger partial charge in [0.25, 0.3) is 5.91 Å². The largest absolute Gasteiger partial charge is 0.507 e. The van der Waals surface area contributed by atoms with Crippen molar-refractivity contribution in [3.05, 3.63) is 28.8 Å². The summed E-state index contributed by atoms with van der Waals surface area (Å²) in [5.74, 6) is -0.389. The van der Waals surface area contributed by atoms with E-state index >= 15 is 0 Å². The standard InChI is InChI=1S/C13H15BrClNO3/c14-8-13(3-5-19-6-4-13)16-12(18)10-7-9(15)1-2-11(10)17/h1-2,7,17H,3-6,8H2,(H,16,18). The predicted molar refractivity (Wildman–Crippen MR) is 77.2 cm³/mol. The molecule has 1 aliphatic heterocycles. The molecule has 0 unspecified atom stereocenters. The fourth-order valence-corrected chi connectivity index (χ4v) is 2.93. The summed E-state index contributed by atoms with van der Waals surface area (Å²) >= 11 is 9.30. The van der Waals surface area contributed by atoms with Crippen molar-refractivity contribution in [2.45, 2.75) is 18.4 Å². The number of nitrogens with one attached hydrogen (secondary N) is 1. The topological polar surface area (TPSA) is 58.6 Å². The van der Waals surface area contributed by atoms with Crippen molar-refractivity contribution in [3.63, 3.8) is 0 Å². The van der Waals surface area contributed by atoms with Gasteiger partial charge < -0.3 is 15.2 Å². The molecule has 1 saturated heterocycles. The summed E-state index contributed by atoms with van der Waals surface area (Å²) < 4.78 is 5.31. The van der Waals surface area contributed by atoms with Crippen molar-refractivity contribution in [2.75, 3.05) is 18.5 Å². The van der Waals surface area contributed by atoms with E-state index in [1.165, 1.54) is 12.1 Å². The van der Waals surface area contributed by atoms with Gasteiger partial charge in [0.1, 0.15) is 5.75 Å². The van der Waals surface area contributed by atoms with Crippen LogP contribution in [0.15, 0.2) is 18.2 Å². The number of hydrogen-bond donors (Lipinski definition) is 2. The third kappa shape index (κ3) is 3.41. The van der Waals surface area contributed by atoms with Crippen LogP contribution in [0.25, 0.3) is 0 Å². The Morgan fingerprint density at radius 3 is 2.79 bits per heavy atom. The average Bonchev–Trinajstić information content (AvgIpc) is 2.42. The van der Waals surface area contributed by atoms with Crippen molar-refractivity contribution in [1.82, 2.24) is 5.32 Å². The zero-order valence-electron chi connectivity index (χ0n) is 10.3. The Hall–Kier alpha value is -0.780. The summed E-state index contributed by atoms with van der Waals surface area (Å²) in [5.41, 5.74) is -0.135. The minimum atomic E-state index is -0.329. The van der Waals surface area contributed by atoms with Crippen molar-refractivity contribution in [3.8, 4) is 5.75 Å². The number of amides is 1. The van der Waals surface area contributed by atoms with Crippen LogP contribution in [0.3, 0.4) is 0 Å². The van der Waals surface area contributed by atoms with Gasteiger partial charge in [0.2, 0.25) is 0 Å². The van der Waals surface area contributed by atoms with E-state index < -0.39 is 0 Å². The number of rotatable bonds is 3. The maximum atomic E-state index is 12.3. The number of benzene rings is 1. The third-order valence-electron chi connectivity index (χ3n) is 3.29. The molecule has 104 valence electrons. The van der Waals surface area contributed by atoms with Crippen LogP contribution in [0.1, 0.15) is 23.2 Å². The zero-order valence-corrected chi connectivity index (χ0v) is 12.6. The Bertz CT molecular complexity index is 475. The summed E-state index contributed by atoms with van der Waals surface area (Å²) in [6, 6.07) is 4.43. The lowest BCUT2D eigenvalue weighted by Gasteiger charge is -2.36. The Morgan fingerprint density at radius 2 is 2.16 bits per heavy atom. The Kier molecular flexibility index (Phi) is 4.71. The number of halogens is 2. The Morgan fingerprint density at radius 1 is 1.47 bits per heavy atom. The van der Waals surface area contributed by atoms with E-state index in [1.54, 1.807) is 6.07 Å². The third-order valence-corrected chi connectivity index (χ3v) is 4.60. The summed E-state index contributed by atoms with van der Waals surface area (Å²) in [5, 5.41) is 13.8. The fraction of sp³-hybridized carbons (Fsp3) is 0.462. The van der Waals surface area contributed by atoms with Gasteiger partial charge in [-0.2, -0.15) is 0 Å². The second-order valence-electron chi connectivity index (χ2n) is 4.64. The number of carbonyl (C=O) groups excluding carboxylic acids is 1. The van der Waals surface area contributed by atoms with Crippen LogP contribution in [-0.4, -0.2) is 35.1 Å². The molecule has 4 nitrogen and oxygen atoms in total. The van der Waals surface area contributed by atoms with Gasteiger partial charge >= 0.3 is 0 Å². The van der Waals surface area contributed by atoms with Crippen molar-refractivity contribution in [2.24, 2.45) is 0 Å². The van der Waals surface area contributed by atoms with Crippen LogP contribution in [0.5, 0.6) is 5.75 Å². The van der Waals surface area contributed by atoms with E-state index in [4.69, 9.17) is 16.3 Å². The lowest BCUT2D eigenvalue weighted by molar-refractivity contribution is 0.0441. The van der Waals surface area contributed by atoms with Crippen LogP contribution in [0, 0.1) is 0 Å². The molecule has 1 fully saturated rings. The highest BCUT2D eigenvalue weighted by molar-refractivity contribution is 9.09. The number of alkyl halides is 1. The highest BCUT2D eigenvalue weighted by Gasteiger charge is 2.33. The van der Waals surface area contributed by atoms with E-state index in [0.717, 1.165) is 12.8 Å². The first-order valence-corrected chi connectivity index (χ1v) is 7.51. The molecule has 19 heavy (non-hydrogen) atoms. The monoisotopic (exact) mass is 347 g/mol. The fourth-order valence-electron chi connectivity index (χ4n) is 2.05. The normalized spacial score (nSPS) is 18.0. The van der Waals surface area contributed by atoms with Gasteiger partial charge in [-0.1, -0.05) is 27.5 Å². The van der Waals surface area contributed by atoms with Crippen molar-refractivity contribution in [1.29, 1.82) is 0 Å². The SMILES string of the molecule is O=C(NC1(CBr)CCOCC1)c1cc(Cl)ccc1O. The molecule has 2 N–H and O–H groups in total. The first-order valence-electron chi connectivity index (χ1n) is 6.01. The first kappa shape index (κ1) is 14.6. The molecule has 1 aromatic carbocycles. The molecule has 1 amide bonds. The van der Waals surface area contributed by atoms with Gasteiger partial charge in [-0.05, 0) is 31.0 Å².